The number of hydrogen-bond donors (Lipinski definition) is 1. The Balaban J connectivity index is 1.89. The molecule has 0 spiro atoms. The first-order valence-corrected chi connectivity index (χ1v) is 8.39. The van der Waals surface area contributed by atoms with Crippen molar-refractivity contribution in [3.05, 3.63) is 22.4 Å². The van der Waals surface area contributed by atoms with E-state index in [0.717, 1.165) is 18.4 Å². The van der Waals surface area contributed by atoms with Crippen molar-refractivity contribution in [2.45, 2.75) is 30.9 Å². The molecule has 0 aliphatic heterocycles. The molecule has 2 rings (SSSR count). The van der Waals surface area contributed by atoms with E-state index in [-0.39, 0.29) is 12.0 Å². The third kappa shape index (κ3) is 4.19. The summed E-state index contributed by atoms with van der Waals surface area (Å²) in [6, 6.07) is 1.93. The van der Waals surface area contributed by atoms with Gasteiger partial charge in [-0.3, -0.25) is 0 Å². The summed E-state index contributed by atoms with van der Waals surface area (Å²) < 4.78 is 61.3. The zero-order chi connectivity index (χ0) is 14.1. The molecule has 108 valence electrons. The van der Waals surface area contributed by atoms with Crippen LogP contribution < -0.4 is 4.72 Å². The molecule has 0 atom stereocenters. The van der Waals surface area contributed by atoms with Crippen molar-refractivity contribution in [1.29, 1.82) is 0 Å². The van der Waals surface area contributed by atoms with Gasteiger partial charge in [-0.1, -0.05) is 0 Å². The molecule has 1 N–H and O–H groups in total. The number of hydrogen-bond acceptors (Lipinski definition) is 3. The smallest absolute Gasteiger partial charge is 0.214 e. The van der Waals surface area contributed by atoms with Gasteiger partial charge in [-0.25, -0.2) is 13.1 Å². The second-order valence-corrected chi connectivity index (χ2v) is 7.50. The summed E-state index contributed by atoms with van der Waals surface area (Å²) >= 11 is 1.53. The normalized spacial score (nSPS) is 18.5. The largest absolute Gasteiger partial charge is 0.390 e. The first-order chi connectivity index (χ1) is 8.73. The molecule has 8 heteroatoms. The highest BCUT2D eigenvalue weighted by Crippen LogP contribution is 2.48. The fourth-order valence-electron chi connectivity index (χ4n) is 1.86. The summed E-state index contributed by atoms with van der Waals surface area (Å²) in [4.78, 5) is 0. The van der Waals surface area contributed by atoms with Crippen molar-refractivity contribution >= 4 is 21.4 Å². The van der Waals surface area contributed by atoms with Gasteiger partial charge in [0.2, 0.25) is 10.0 Å². The maximum Gasteiger partial charge on any atom is 0.390 e. The molecule has 1 aromatic heterocycles. The van der Waals surface area contributed by atoms with E-state index in [1.165, 1.54) is 11.3 Å². The molecule has 19 heavy (non-hydrogen) atoms. The van der Waals surface area contributed by atoms with E-state index in [4.69, 9.17) is 0 Å². The Morgan fingerprint density at radius 1 is 1.37 bits per heavy atom. The quantitative estimate of drug-likeness (QED) is 0.877. The van der Waals surface area contributed by atoms with Gasteiger partial charge in [-0.15, -0.1) is 0 Å². The van der Waals surface area contributed by atoms with Gasteiger partial charge in [-0.05, 0) is 35.2 Å². The van der Waals surface area contributed by atoms with E-state index < -0.39 is 28.4 Å². The van der Waals surface area contributed by atoms with Gasteiger partial charge in [0, 0.05) is 12.0 Å². The zero-order valence-corrected chi connectivity index (χ0v) is 11.7. The molecule has 0 saturated heterocycles. The van der Waals surface area contributed by atoms with Gasteiger partial charge in [0.05, 0.1) is 12.2 Å². The van der Waals surface area contributed by atoms with Crippen LogP contribution in [0.5, 0.6) is 0 Å². The summed E-state index contributed by atoms with van der Waals surface area (Å²) in [7, 11) is -3.87. The second kappa shape index (κ2) is 5.06. The highest BCUT2D eigenvalue weighted by Gasteiger charge is 2.45. The van der Waals surface area contributed by atoms with Crippen LogP contribution in [-0.2, 0) is 15.4 Å². The molecule has 0 radical (unpaired) electrons. The fourth-order valence-corrected chi connectivity index (χ4v) is 3.77. The Labute approximate surface area is 113 Å². The molecule has 0 unspecified atom stereocenters. The third-order valence-electron chi connectivity index (χ3n) is 3.27. The lowest BCUT2D eigenvalue weighted by molar-refractivity contribution is -0.129. The zero-order valence-electron chi connectivity index (χ0n) is 10.0. The maximum absolute atomic E-state index is 12.0. The molecule has 1 aliphatic rings. The molecular formula is C11H14F3NO2S2. The summed E-state index contributed by atoms with van der Waals surface area (Å²) in [5.41, 5.74) is 0.863. The van der Waals surface area contributed by atoms with Crippen LogP contribution in [0.25, 0.3) is 0 Å². The van der Waals surface area contributed by atoms with Crippen LogP contribution in [0.2, 0.25) is 0 Å². The molecular weight excluding hydrogens is 299 g/mol. The molecule has 1 fully saturated rings. The van der Waals surface area contributed by atoms with Crippen LogP contribution in [0, 0.1) is 0 Å². The van der Waals surface area contributed by atoms with Crippen molar-refractivity contribution in [2.75, 3.05) is 12.3 Å². The van der Waals surface area contributed by atoms with Gasteiger partial charge < -0.3 is 0 Å². The molecule has 0 aromatic carbocycles. The molecule has 0 bridgehead atoms. The predicted molar refractivity (Wildman–Crippen MR) is 67.7 cm³/mol. The van der Waals surface area contributed by atoms with E-state index in [1.807, 2.05) is 16.8 Å². The highest BCUT2D eigenvalue weighted by molar-refractivity contribution is 7.89. The van der Waals surface area contributed by atoms with Crippen molar-refractivity contribution in [3.63, 3.8) is 0 Å². The van der Waals surface area contributed by atoms with Crippen LogP contribution in [0.3, 0.4) is 0 Å². The number of thiophene rings is 1. The first-order valence-electron chi connectivity index (χ1n) is 5.79. The van der Waals surface area contributed by atoms with E-state index in [0.29, 0.717) is 0 Å². The minimum atomic E-state index is -4.45. The minimum Gasteiger partial charge on any atom is -0.214 e. The van der Waals surface area contributed by atoms with Crippen LogP contribution in [-0.4, -0.2) is 26.9 Å². The molecule has 3 nitrogen and oxygen atoms in total. The summed E-state index contributed by atoms with van der Waals surface area (Å²) in [5.74, 6) is -0.907. The number of nitrogens with one attached hydrogen (secondary N) is 1. The third-order valence-corrected chi connectivity index (χ3v) is 5.28. The van der Waals surface area contributed by atoms with E-state index in [2.05, 4.69) is 4.72 Å². The lowest BCUT2D eigenvalue weighted by Gasteiger charge is -2.15. The Bertz CT molecular complexity index is 519. The lowest BCUT2D eigenvalue weighted by atomic mass is 10.0. The molecule has 1 saturated carbocycles. The van der Waals surface area contributed by atoms with Gasteiger partial charge >= 0.3 is 6.18 Å². The van der Waals surface area contributed by atoms with Crippen molar-refractivity contribution in [2.24, 2.45) is 0 Å². The van der Waals surface area contributed by atoms with Gasteiger partial charge in [-0.2, -0.15) is 24.5 Å². The predicted octanol–water partition coefficient (Wildman–Crippen LogP) is 2.65. The average molecular weight is 313 g/mol. The summed E-state index contributed by atoms with van der Waals surface area (Å²) in [6.45, 7) is 0.184. The Morgan fingerprint density at radius 3 is 2.53 bits per heavy atom. The number of alkyl halides is 3. The Kier molecular flexibility index (Phi) is 3.95. The maximum atomic E-state index is 12.0. The number of rotatable bonds is 6. The molecule has 1 aliphatic carbocycles. The number of halogens is 3. The summed E-state index contributed by atoms with van der Waals surface area (Å²) in [5, 5.41) is 3.87. The van der Waals surface area contributed by atoms with E-state index >= 15 is 0 Å². The van der Waals surface area contributed by atoms with Crippen molar-refractivity contribution in [3.8, 4) is 0 Å². The summed E-state index contributed by atoms with van der Waals surface area (Å²) in [6.07, 6.45) is -4.02. The van der Waals surface area contributed by atoms with E-state index in [1.54, 1.807) is 0 Å². The Hall–Kier alpha value is -0.600. The SMILES string of the molecule is O=S(=O)(CCC(F)(F)F)NCC1(c2ccsc2)CC1. The first kappa shape index (κ1) is 14.8. The van der Waals surface area contributed by atoms with E-state index in [9.17, 15) is 21.6 Å². The molecule has 1 aromatic rings. The second-order valence-electron chi connectivity index (χ2n) is 4.80. The highest BCUT2D eigenvalue weighted by atomic mass is 32.2. The standard InChI is InChI=1S/C11H14F3NO2S2/c12-11(13,14)4-6-19(16,17)15-8-10(2-3-10)9-1-5-18-7-9/h1,5,7,15H,2-4,6,8H2. The Morgan fingerprint density at radius 2 is 2.05 bits per heavy atom. The fraction of sp³-hybridized carbons (Fsp3) is 0.636. The van der Waals surface area contributed by atoms with Crippen molar-refractivity contribution in [1.82, 2.24) is 4.72 Å². The number of sulfonamides is 1. The topological polar surface area (TPSA) is 46.2 Å². The molecule has 1 heterocycles. The van der Waals surface area contributed by atoms with Crippen LogP contribution in [0.1, 0.15) is 24.8 Å². The minimum absolute atomic E-state index is 0.184. The van der Waals surface area contributed by atoms with Crippen LogP contribution >= 0.6 is 11.3 Å². The van der Waals surface area contributed by atoms with Crippen LogP contribution in [0.15, 0.2) is 16.8 Å². The average Bonchev–Trinajstić information content (AvgIpc) is 2.89. The van der Waals surface area contributed by atoms with Gasteiger partial charge in [0.25, 0.3) is 0 Å². The van der Waals surface area contributed by atoms with Crippen LogP contribution in [0.4, 0.5) is 13.2 Å². The van der Waals surface area contributed by atoms with Crippen molar-refractivity contribution < 1.29 is 21.6 Å². The van der Waals surface area contributed by atoms with Gasteiger partial charge in [0.1, 0.15) is 0 Å². The van der Waals surface area contributed by atoms with Gasteiger partial charge in [0.15, 0.2) is 0 Å². The lowest BCUT2D eigenvalue weighted by Crippen LogP contribution is -2.34. The molecule has 0 amide bonds. The monoisotopic (exact) mass is 313 g/mol.